The lowest BCUT2D eigenvalue weighted by Crippen LogP contribution is -2.51. The number of rotatable bonds is 3. The summed E-state index contributed by atoms with van der Waals surface area (Å²) in [6, 6.07) is 3.32. The standard InChI is InChI=1S/C19H27N3OS/c1-14(2)22-12-15-11-17(24-18(15)13-22)19(23)21-9-7-20(8-10-21)16-5-3-4-6-16/h11-14,16H,3-10H2,1-2H3. The highest BCUT2D eigenvalue weighted by Crippen LogP contribution is 2.30. The topological polar surface area (TPSA) is 28.5 Å². The first-order valence-corrected chi connectivity index (χ1v) is 10.1. The van der Waals surface area contributed by atoms with Crippen LogP contribution in [0, 0.1) is 0 Å². The van der Waals surface area contributed by atoms with Crippen LogP contribution in [0.25, 0.3) is 10.1 Å². The molecule has 5 heteroatoms. The third-order valence-corrected chi connectivity index (χ3v) is 6.67. The summed E-state index contributed by atoms with van der Waals surface area (Å²) < 4.78 is 3.44. The number of carbonyl (C=O) groups is 1. The summed E-state index contributed by atoms with van der Waals surface area (Å²) in [6.07, 6.45) is 9.79. The predicted octanol–water partition coefficient (Wildman–Crippen LogP) is 3.98. The van der Waals surface area contributed by atoms with Crippen LogP contribution in [0.1, 0.15) is 55.2 Å². The Morgan fingerprint density at radius 2 is 1.83 bits per heavy atom. The molecule has 4 rings (SSSR count). The molecule has 0 N–H and O–H groups in total. The monoisotopic (exact) mass is 345 g/mol. The Hall–Kier alpha value is -1.33. The Bertz CT molecular complexity index is 687. The van der Waals surface area contributed by atoms with Gasteiger partial charge in [-0.2, -0.15) is 0 Å². The van der Waals surface area contributed by atoms with E-state index < -0.39 is 0 Å². The first-order chi connectivity index (χ1) is 11.6. The first kappa shape index (κ1) is 16.2. The molecule has 0 unspecified atom stereocenters. The molecule has 0 spiro atoms. The minimum Gasteiger partial charge on any atom is -0.350 e. The van der Waals surface area contributed by atoms with Crippen LogP contribution in [0.4, 0.5) is 0 Å². The number of thiophene rings is 1. The number of amides is 1. The van der Waals surface area contributed by atoms with Crippen LogP contribution in [0.2, 0.25) is 0 Å². The van der Waals surface area contributed by atoms with Gasteiger partial charge in [-0.1, -0.05) is 12.8 Å². The van der Waals surface area contributed by atoms with Gasteiger partial charge in [-0.3, -0.25) is 9.69 Å². The molecular weight excluding hydrogens is 318 g/mol. The van der Waals surface area contributed by atoms with Gasteiger partial charge in [-0.15, -0.1) is 11.3 Å². The van der Waals surface area contributed by atoms with Gasteiger partial charge in [0.05, 0.1) is 9.58 Å². The molecule has 2 fully saturated rings. The highest BCUT2D eigenvalue weighted by Gasteiger charge is 2.28. The van der Waals surface area contributed by atoms with E-state index in [9.17, 15) is 4.79 Å². The molecule has 0 radical (unpaired) electrons. The number of aromatic nitrogens is 1. The van der Waals surface area contributed by atoms with Crippen LogP contribution in [0.3, 0.4) is 0 Å². The molecule has 0 bridgehead atoms. The maximum atomic E-state index is 12.8. The highest BCUT2D eigenvalue weighted by molar-refractivity contribution is 7.20. The van der Waals surface area contributed by atoms with E-state index in [2.05, 4.69) is 41.8 Å². The van der Waals surface area contributed by atoms with Crippen LogP contribution in [-0.2, 0) is 0 Å². The van der Waals surface area contributed by atoms with E-state index in [0.717, 1.165) is 37.1 Å². The number of piperazine rings is 1. The van der Waals surface area contributed by atoms with Gasteiger partial charge in [0.2, 0.25) is 0 Å². The fourth-order valence-electron chi connectivity index (χ4n) is 4.07. The quantitative estimate of drug-likeness (QED) is 0.842. The average molecular weight is 346 g/mol. The normalized spacial score (nSPS) is 20.5. The molecule has 2 aromatic heterocycles. The smallest absolute Gasteiger partial charge is 0.264 e. The van der Waals surface area contributed by atoms with Gasteiger partial charge in [0.15, 0.2) is 0 Å². The second-order valence-electron chi connectivity index (χ2n) is 7.50. The van der Waals surface area contributed by atoms with Crippen LogP contribution in [-0.4, -0.2) is 52.5 Å². The average Bonchev–Trinajstić information content (AvgIpc) is 3.29. The molecule has 4 nitrogen and oxygen atoms in total. The maximum absolute atomic E-state index is 12.8. The van der Waals surface area contributed by atoms with Crippen molar-refractivity contribution in [2.45, 2.75) is 51.6 Å². The Kier molecular flexibility index (Phi) is 4.39. The number of nitrogens with zero attached hydrogens (tertiary/aromatic N) is 3. The van der Waals surface area contributed by atoms with Gasteiger partial charge in [0.1, 0.15) is 0 Å². The van der Waals surface area contributed by atoms with E-state index in [1.807, 2.05) is 4.90 Å². The molecular formula is C19H27N3OS. The number of hydrogen-bond acceptors (Lipinski definition) is 3. The molecule has 2 aromatic rings. The fraction of sp³-hybridized carbons (Fsp3) is 0.632. The lowest BCUT2D eigenvalue weighted by atomic mass is 10.2. The second kappa shape index (κ2) is 6.52. The Morgan fingerprint density at radius 3 is 2.46 bits per heavy atom. The van der Waals surface area contributed by atoms with Crippen molar-refractivity contribution in [3.63, 3.8) is 0 Å². The summed E-state index contributed by atoms with van der Waals surface area (Å²) in [6.45, 7) is 8.20. The molecule has 1 aliphatic carbocycles. The largest absolute Gasteiger partial charge is 0.350 e. The van der Waals surface area contributed by atoms with Gasteiger partial charge in [0.25, 0.3) is 5.91 Å². The zero-order valence-electron chi connectivity index (χ0n) is 14.7. The third-order valence-electron chi connectivity index (χ3n) is 5.60. The Morgan fingerprint density at radius 1 is 1.12 bits per heavy atom. The minimum atomic E-state index is 0.221. The van der Waals surface area contributed by atoms with Gasteiger partial charge < -0.3 is 9.47 Å². The maximum Gasteiger partial charge on any atom is 0.264 e. The Balaban J connectivity index is 1.41. The van der Waals surface area contributed by atoms with Crippen LogP contribution < -0.4 is 0 Å². The number of fused-ring (bicyclic) bond motifs is 1. The van der Waals surface area contributed by atoms with Gasteiger partial charge in [-0.05, 0) is 32.8 Å². The molecule has 1 saturated heterocycles. The van der Waals surface area contributed by atoms with E-state index >= 15 is 0 Å². The third kappa shape index (κ3) is 3.00. The van der Waals surface area contributed by atoms with Crippen molar-refractivity contribution in [2.75, 3.05) is 26.2 Å². The van der Waals surface area contributed by atoms with Crippen molar-refractivity contribution < 1.29 is 4.79 Å². The summed E-state index contributed by atoms with van der Waals surface area (Å²) in [4.78, 5) is 18.4. The van der Waals surface area contributed by atoms with E-state index in [1.54, 1.807) is 11.3 Å². The fourth-order valence-corrected chi connectivity index (χ4v) is 5.12. The zero-order valence-corrected chi connectivity index (χ0v) is 15.5. The molecule has 0 aromatic carbocycles. The van der Waals surface area contributed by atoms with Gasteiger partial charge in [-0.25, -0.2) is 0 Å². The molecule has 24 heavy (non-hydrogen) atoms. The first-order valence-electron chi connectivity index (χ1n) is 9.26. The second-order valence-corrected chi connectivity index (χ2v) is 8.58. The van der Waals surface area contributed by atoms with Crippen LogP contribution in [0.15, 0.2) is 18.5 Å². The molecule has 0 atom stereocenters. The molecule has 130 valence electrons. The van der Waals surface area contributed by atoms with Crippen molar-refractivity contribution in [2.24, 2.45) is 0 Å². The van der Waals surface area contributed by atoms with Gasteiger partial charge >= 0.3 is 0 Å². The highest BCUT2D eigenvalue weighted by atomic mass is 32.1. The van der Waals surface area contributed by atoms with Gasteiger partial charge in [0, 0.05) is 56.0 Å². The summed E-state index contributed by atoms with van der Waals surface area (Å²) in [5.41, 5.74) is 0. The van der Waals surface area contributed by atoms with E-state index in [1.165, 1.54) is 35.8 Å². The SMILES string of the molecule is CC(C)n1cc2cc(C(=O)N3CCN(C4CCCC4)CC3)sc2c1. The van der Waals surface area contributed by atoms with Crippen molar-refractivity contribution in [3.8, 4) is 0 Å². The summed E-state index contributed by atoms with van der Waals surface area (Å²) in [7, 11) is 0. The molecule has 1 amide bonds. The summed E-state index contributed by atoms with van der Waals surface area (Å²) in [5.74, 6) is 0.221. The van der Waals surface area contributed by atoms with Crippen LogP contribution >= 0.6 is 11.3 Å². The summed E-state index contributed by atoms with van der Waals surface area (Å²) >= 11 is 1.64. The minimum absolute atomic E-state index is 0.221. The van der Waals surface area contributed by atoms with E-state index in [0.29, 0.717) is 6.04 Å². The number of hydrogen-bond donors (Lipinski definition) is 0. The van der Waals surface area contributed by atoms with Crippen molar-refractivity contribution in [1.82, 2.24) is 14.4 Å². The molecule has 3 heterocycles. The van der Waals surface area contributed by atoms with Crippen LogP contribution in [0.5, 0.6) is 0 Å². The van der Waals surface area contributed by atoms with E-state index in [-0.39, 0.29) is 5.91 Å². The molecule has 2 aliphatic rings. The lowest BCUT2D eigenvalue weighted by Gasteiger charge is -2.37. The molecule has 1 aliphatic heterocycles. The predicted molar refractivity (Wildman–Crippen MR) is 99.9 cm³/mol. The van der Waals surface area contributed by atoms with Crippen molar-refractivity contribution in [1.29, 1.82) is 0 Å². The summed E-state index contributed by atoms with van der Waals surface area (Å²) in [5, 5.41) is 1.20. The Labute approximate surface area is 148 Å². The molecule has 1 saturated carbocycles. The van der Waals surface area contributed by atoms with Crippen molar-refractivity contribution >= 4 is 27.3 Å². The zero-order chi connectivity index (χ0) is 16.7. The number of carbonyl (C=O) groups excluding carboxylic acids is 1. The van der Waals surface area contributed by atoms with Crippen molar-refractivity contribution in [3.05, 3.63) is 23.3 Å². The van der Waals surface area contributed by atoms with E-state index in [4.69, 9.17) is 0 Å². The lowest BCUT2D eigenvalue weighted by molar-refractivity contribution is 0.0578.